The Kier molecular flexibility index (Phi) is 7.97. The Bertz CT molecular complexity index is 4190. The van der Waals surface area contributed by atoms with E-state index in [9.17, 15) is 0 Å². The second-order valence-electron chi connectivity index (χ2n) is 18.0. The van der Waals surface area contributed by atoms with Crippen LogP contribution >= 0.6 is 0 Å². The SMILES string of the molecule is Cc1cc(-c2ccc3ccc4c(-c5cc(-c6ccccc6)cc(-c6ccccc6)c5)ccc5ccc2c3c54)ccc1-c1ccc2c(c1)c1ccccc1c1c2ccc2c3ccccc3oc21. The van der Waals surface area contributed by atoms with Crippen LogP contribution in [0.5, 0.6) is 0 Å². The summed E-state index contributed by atoms with van der Waals surface area (Å²) in [6.07, 6.45) is 0. The lowest BCUT2D eigenvalue weighted by atomic mass is 9.85. The Morgan fingerprint density at radius 3 is 1.41 bits per heavy atom. The smallest absolute Gasteiger partial charge is 0.143 e. The molecule has 0 aliphatic carbocycles. The number of para-hydroxylation sites is 1. The third-order valence-electron chi connectivity index (χ3n) is 14.3. The van der Waals surface area contributed by atoms with Crippen LogP contribution in [0.25, 0.3) is 142 Å². The van der Waals surface area contributed by atoms with Crippen molar-refractivity contribution in [2.45, 2.75) is 6.92 Å². The topological polar surface area (TPSA) is 13.1 Å². The Balaban J connectivity index is 0.896. The van der Waals surface area contributed by atoms with Crippen LogP contribution in [0.1, 0.15) is 5.56 Å². The molecule has 14 rings (SSSR count). The average Bonchev–Trinajstić information content (AvgIpc) is 3.77. The molecule has 1 heterocycles. The number of aryl methyl sites for hydroxylation is 1. The zero-order valence-corrected chi connectivity index (χ0v) is 36.3. The van der Waals surface area contributed by atoms with Crippen LogP contribution < -0.4 is 0 Å². The fourth-order valence-electron chi connectivity index (χ4n) is 11.2. The highest BCUT2D eigenvalue weighted by Crippen LogP contribution is 2.46. The van der Waals surface area contributed by atoms with Crippen molar-refractivity contribution < 1.29 is 4.42 Å². The van der Waals surface area contributed by atoms with Gasteiger partial charge in [-0.3, -0.25) is 0 Å². The largest absolute Gasteiger partial charge is 0.455 e. The van der Waals surface area contributed by atoms with Gasteiger partial charge in [-0.2, -0.15) is 0 Å². The quantitative estimate of drug-likeness (QED) is 0.157. The number of hydrogen-bond donors (Lipinski definition) is 0. The molecule has 306 valence electrons. The van der Waals surface area contributed by atoms with E-state index in [1.165, 1.54) is 126 Å². The van der Waals surface area contributed by atoms with E-state index in [-0.39, 0.29) is 0 Å². The maximum atomic E-state index is 6.60. The van der Waals surface area contributed by atoms with Gasteiger partial charge in [0.25, 0.3) is 0 Å². The highest BCUT2D eigenvalue weighted by atomic mass is 16.3. The minimum absolute atomic E-state index is 0.924. The Morgan fingerprint density at radius 1 is 0.258 bits per heavy atom. The Labute approximate surface area is 381 Å². The van der Waals surface area contributed by atoms with Crippen LogP contribution in [-0.2, 0) is 0 Å². The number of rotatable bonds is 5. The molecule has 1 nitrogen and oxygen atoms in total. The van der Waals surface area contributed by atoms with Crippen molar-refractivity contribution in [3.05, 3.63) is 230 Å². The summed E-state index contributed by atoms with van der Waals surface area (Å²) in [6, 6.07) is 82.9. The first kappa shape index (κ1) is 36.9. The molecule has 13 aromatic carbocycles. The van der Waals surface area contributed by atoms with Crippen molar-refractivity contribution in [1.82, 2.24) is 0 Å². The predicted molar refractivity (Wildman–Crippen MR) is 282 cm³/mol. The van der Waals surface area contributed by atoms with Crippen LogP contribution in [0, 0.1) is 6.92 Å². The third-order valence-corrected chi connectivity index (χ3v) is 14.3. The average molecular weight is 837 g/mol. The molecular formula is C65H40O. The van der Waals surface area contributed by atoms with Crippen LogP contribution in [-0.4, -0.2) is 0 Å². The van der Waals surface area contributed by atoms with E-state index >= 15 is 0 Å². The summed E-state index contributed by atoms with van der Waals surface area (Å²) in [5.41, 5.74) is 15.4. The molecule has 1 heteroatoms. The van der Waals surface area contributed by atoms with E-state index in [1.54, 1.807) is 0 Å². The van der Waals surface area contributed by atoms with E-state index in [0.717, 1.165) is 21.9 Å². The summed E-state index contributed by atoms with van der Waals surface area (Å²) in [5, 5.41) is 17.4. The van der Waals surface area contributed by atoms with Crippen LogP contribution in [0.4, 0.5) is 0 Å². The molecule has 66 heavy (non-hydrogen) atoms. The van der Waals surface area contributed by atoms with Crippen molar-refractivity contribution in [2.75, 3.05) is 0 Å². The third kappa shape index (κ3) is 5.54. The lowest BCUT2D eigenvalue weighted by Crippen LogP contribution is -1.91. The summed E-state index contributed by atoms with van der Waals surface area (Å²) in [6.45, 7) is 2.26. The highest BCUT2D eigenvalue weighted by Gasteiger charge is 2.19. The molecule has 14 aromatic rings. The minimum atomic E-state index is 0.924. The van der Waals surface area contributed by atoms with Gasteiger partial charge in [0.05, 0.1) is 0 Å². The van der Waals surface area contributed by atoms with Crippen molar-refractivity contribution >= 4 is 86.6 Å². The first-order valence-corrected chi connectivity index (χ1v) is 22.9. The fourth-order valence-corrected chi connectivity index (χ4v) is 11.2. The molecule has 0 bridgehead atoms. The van der Waals surface area contributed by atoms with Gasteiger partial charge in [-0.1, -0.05) is 188 Å². The molecule has 1 aromatic heterocycles. The molecule has 0 unspecified atom stereocenters. The Hall–Kier alpha value is -8.52. The number of fused-ring (bicyclic) bond motifs is 10. The van der Waals surface area contributed by atoms with Crippen LogP contribution in [0.15, 0.2) is 229 Å². The fraction of sp³-hybridized carbons (Fsp3) is 0.0154. The normalized spacial score (nSPS) is 12.0. The van der Waals surface area contributed by atoms with Crippen LogP contribution in [0.3, 0.4) is 0 Å². The number of furan rings is 1. The minimum Gasteiger partial charge on any atom is -0.455 e. The van der Waals surface area contributed by atoms with Gasteiger partial charge < -0.3 is 4.42 Å². The van der Waals surface area contributed by atoms with Gasteiger partial charge in [-0.05, 0) is 164 Å². The molecule has 0 spiro atoms. The van der Waals surface area contributed by atoms with Crippen LogP contribution in [0.2, 0.25) is 0 Å². The zero-order valence-electron chi connectivity index (χ0n) is 36.3. The van der Waals surface area contributed by atoms with Crippen molar-refractivity contribution in [2.24, 2.45) is 0 Å². The molecule has 0 atom stereocenters. The first-order valence-electron chi connectivity index (χ1n) is 22.9. The molecule has 0 radical (unpaired) electrons. The zero-order chi connectivity index (χ0) is 43.5. The number of hydrogen-bond acceptors (Lipinski definition) is 1. The molecule has 0 aliphatic heterocycles. The highest BCUT2D eigenvalue weighted by molar-refractivity contribution is 6.33. The number of benzene rings is 13. The van der Waals surface area contributed by atoms with Crippen molar-refractivity contribution in [3.63, 3.8) is 0 Å². The molecule has 0 fully saturated rings. The maximum absolute atomic E-state index is 6.60. The summed E-state index contributed by atoms with van der Waals surface area (Å²) < 4.78 is 6.60. The van der Waals surface area contributed by atoms with E-state index in [4.69, 9.17) is 4.42 Å². The van der Waals surface area contributed by atoms with Gasteiger partial charge in [0.1, 0.15) is 11.2 Å². The van der Waals surface area contributed by atoms with E-state index in [1.807, 2.05) is 6.07 Å². The predicted octanol–water partition coefficient (Wildman–Crippen LogP) is 18.6. The second kappa shape index (κ2) is 14.2. The van der Waals surface area contributed by atoms with Gasteiger partial charge in [-0.25, -0.2) is 0 Å². The summed E-state index contributed by atoms with van der Waals surface area (Å²) in [5.74, 6) is 0. The van der Waals surface area contributed by atoms with Gasteiger partial charge in [0.2, 0.25) is 0 Å². The molecule has 0 N–H and O–H groups in total. The Morgan fingerprint density at radius 2 is 0.727 bits per heavy atom. The lowest BCUT2D eigenvalue weighted by Gasteiger charge is -2.18. The monoisotopic (exact) mass is 836 g/mol. The van der Waals surface area contributed by atoms with Crippen molar-refractivity contribution in [1.29, 1.82) is 0 Å². The lowest BCUT2D eigenvalue weighted by molar-refractivity contribution is 0.673. The maximum Gasteiger partial charge on any atom is 0.143 e. The molecule has 0 saturated carbocycles. The van der Waals surface area contributed by atoms with Gasteiger partial charge >= 0.3 is 0 Å². The standard InChI is InChI=1S/C65H40O/c1-39-34-44(24-26-49(39)45-25-29-53-58-32-33-59-54-17-10-11-19-61(54)66-65(59)64(58)55-18-9-8-16-52(55)60(53)38-45)50-27-20-42-23-31-57-51(28-21-43-22-30-56(50)62(42)63(43)57)48-36-46(40-12-4-2-5-13-40)35-47(37-48)41-14-6-3-7-15-41/h2-38H,1H3. The van der Waals surface area contributed by atoms with Gasteiger partial charge in [0, 0.05) is 16.2 Å². The summed E-state index contributed by atoms with van der Waals surface area (Å²) in [4.78, 5) is 0. The summed E-state index contributed by atoms with van der Waals surface area (Å²) >= 11 is 0. The summed E-state index contributed by atoms with van der Waals surface area (Å²) in [7, 11) is 0. The molecular weight excluding hydrogens is 797 g/mol. The molecule has 0 aliphatic rings. The first-order chi connectivity index (χ1) is 32.6. The van der Waals surface area contributed by atoms with E-state index < -0.39 is 0 Å². The van der Waals surface area contributed by atoms with Gasteiger partial charge in [0.15, 0.2) is 0 Å². The van der Waals surface area contributed by atoms with E-state index in [0.29, 0.717) is 0 Å². The van der Waals surface area contributed by atoms with Gasteiger partial charge in [-0.15, -0.1) is 0 Å². The van der Waals surface area contributed by atoms with Crippen molar-refractivity contribution in [3.8, 4) is 55.6 Å². The second-order valence-corrected chi connectivity index (χ2v) is 18.0. The van der Waals surface area contributed by atoms with E-state index in [2.05, 4.69) is 225 Å². The molecule has 0 amide bonds. The molecule has 0 saturated heterocycles.